The molecule has 11 heteroatoms. The first-order chi connectivity index (χ1) is 15.3. The number of nitrogens with zero attached hydrogens (tertiary/aromatic N) is 2. The van der Waals surface area contributed by atoms with Crippen molar-refractivity contribution in [2.24, 2.45) is 0 Å². The highest BCUT2D eigenvalue weighted by Crippen LogP contribution is 2.26. The van der Waals surface area contributed by atoms with Crippen molar-refractivity contribution in [3.05, 3.63) is 98.5 Å². The van der Waals surface area contributed by atoms with Crippen LogP contribution in [-0.2, 0) is 0 Å². The summed E-state index contributed by atoms with van der Waals surface area (Å²) >= 11 is 0. The number of aromatic nitrogens is 2. The average molecular weight is 437 g/mol. The Morgan fingerprint density at radius 2 is 1.72 bits per heavy atom. The number of aromatic amines is 1. The lowest BCUT2D eigenvalue weighted by molar-refractivity contribution is -0.386. The number of amides is 1. The van der Waals surface area contributed by atoms with E-state index in [0.29, 0.717) is 22.4 Å². The SMILES string of the molecule is O=C(Nc1ccc(Nc2ccnc3[nH]c(=O)c([N+](=O)[O-])cc23)cc1)c1ccc(F)c(F)c1. The normalized spacial score (nSPS) is 10.7. The number of nitrogens with one attached hydrogen (secondary N) is 3. The maximum Gasteiger partial charge on any atom is 0.334 e. The van der Waals surface area contributed by atoms with Gasteiger partial charge in [-0.25, -0.2) is 13.8 Å². The van der Waals surface area contributed by atoms with Crippen molar-refractivity contribution < 1.29 is 18.5 Å². The molecule has 9 nitrogen and oxygen atoms in total. The van der Waals surface area contributed by atoms with Gasteiger partial charge in [0.1, 0.15) is 5.65 Å². The first kappa shape index (κ1) is 20.6. The summed E-state index contributed by atoms with van der Waals surface area (Å²) in [6.45, 7) is 0. The van der Waals surface area contributed by atoms with E-state index in [0.717, 1.165) is 18.2 Å². The number of hydrogen-bond donors (Lipinski definition) is 3. The van der Waals surface area contributed by atoms with Crippen LogP contribution in [-0.4, -0.2) is 20.8 Å². The molecule has 0 atom stereocenters. The average Bonchev–Trinajstić information content (AvgIpc) is 2.76. The molecule has 0 bridgehead atoms. The Balaban J connectivity index is 1.55. The molecule has 0 saturated carbocycles. The molecule has 2 aromatic carbocycles. The Kier molecular flexibility index (Phi) is 5.29. The Labute approximate surface area is 177 Å². The van der Waals surface area contributed by atoms with Gasteiger partial charge >= 0.3 is 11.2 Å². The van der Waals surface area contributed by atoms with Gasteiger partial charge in [0.2, 0.25) is 0 Å². The monoisotopic (exact) mass is 437 g/mol. The highest BCUT2D eigenvalue weighted by molar-refractivity contribution is 6.04. The van der Waals surface area contributed by atoms with E-state index < -0.39 is 33.7 Å². The third-order valence-corrected chi connectivity index (χ3v) is 4.54. The molecule has 0 fully saturated rings. The number of hydrogen-bond acceptors (Lipinski definition) is 6. The van der Waals surface area contributed by atoms with E-state index in [1.54, 1.807) is 30.3 Å². The summed E-state index contributed by atoms with van der Waals surface area (Å²) in [5.74, 6) is -2.78. The Hall–Kier alpha value is -4.67. The second-order valence-electron chi connectivity index (χ2n) is 6.65. The maximum absolute atomic E-state index is 13.3. The van der Waals surface area contributed by atoms with Crippen LogP contribution in [0.15, 0.2) is 65.6 Å². The number of halogens is 2. The molecule has 3 N–H and O–H groups in total. The third kappa shape index (κ3) is 4.12. The Morgan fingerprint density at radius 1 is 1.00 bits per heavy atom. The number of rotatable bonds is 5. The van der Waals surface area contributed by atoms with Crippen LogP contribution in [0.5, 0.6) is 0 Å². The number of nitro groups is 1. The molecule has 1 amide bonds. The van der Waals surface area contributed by atoms with Gasteiger partial charge in [0, 0.05) is 34.6 Å². The van der Waals surface area contributed by atoms with Gasteiger partial charge in [-0.1, -0.05) is 0 Å². The molecule has 0 radical (unpaired) electrons. The van der Waals surface area contributed by atoms with Crippen molar-refractivity contribution in [2.45, 2.75) is 0 Å². The van der Waals surface area contributed by atoms with Gasteiger partial charge < -0.3 is 15.6 Å². The number of anilines is 3. The fourth-order valence-electron chi connectivity index (χ4n) is 2.97. The molecule has 4 aromatic rings. The number of benzene rings is 2. The fraction of sp³-hybridized carbons (Fsp3) is 0. The largest absolute Gasteiger partial charge is 0.355 e. The number of fused-ring (bicyclic) bond motifs is 1. The number of pyridine rings is 2. The van der Waals surface area contributed by atoms with E-state index in [-0.39, 0.29) is 11.2 Å². The molecule has 160 valence electrons. The summed E-state index contributed by atoms with van der Waals surface area (Å²) in [7, 11) is 0. The van der Waals surface area contributed by atoms with Crippen molar-refractivity contribution in [2.75, 3.05) is 10.6 Å². The molecule has 0 aliphatic heterocycles. The smallest absolute Gasteiger partial charge is 0.334 e. The molecule has 4 rings (SSSR count). The maximum atomic E-state index is 13.3. The van der Waals surface area contributed by atoms with Gasteiger partial charge in [-0.2, -0.15) is 0 Å². The van der Waals surface area contributed by atoms with Crippen LogP contribution < -0.4 is 16.2 Å². The highest BCUT2D eigenvalue weighted by atomic mass is 19.2. The standard InChI is InChI=1S/C21H13F2N5O4/c22-15-6-1-11(9-16(15)23)20(29)26-13-4-2-12(3-5-13)25-17-7-8-24-19-14(17)10-18(28(31)32)21(30)27-19/h1-10H,(H,26,29)(H2,24,25,27,30). The lowest BCUT2D eigenvalue weighted by Crippen LogP contribution is -2.12. The van der Waals surface area contributed by atoms with Gasteiger partial charge in [0.05, 0.1) is 10.6 Å². The summed E-state index contributed by atoms with van der Waals surface area (Å²) in [6, 6.07) is 12.0. The first-order valence-corrected chi connectivity index (χ1v) is 9.12. The third-order valence-electron chi connectivity index (χ3n) is 4.54. The van der Waals surface area contributed by atoms with Crippen molar-refractivity contribution in [3.8, 4) is 0 Å². The quantitative estimate of drug-likeness (QED) is 0.318. The molecular formula is C21H13F2N5O4. The van der Waals surface area contributed by atoms with Gasteiger partial charge in [-0.05, 0) is 48.5 Å². The molecule has 0 unspecified atom stereocenters. The molecule has 0 aliphatic carbocycles. The van der Waals surface area contributed by atoms with Crippen LogP contribution in [0.25, 0.3) is 11.0 Å². The van der Waals surface area contributed by atoms with Crippen LogP contribution in [0, 0.1) is 21.7 Å². The van der Waals surface area contributed by atoms with Gasteiger partial charge in [-0.15, -0.1) is 0 Å². The molecule has 0 aliphatic rings. The van der Waals surface area contributed by atoms with E-state index in [1.807, 2.05) is 0 Å². The molecule has 2 aromatic heterocycles. The molecule has 0 spiro atoms. The summed E-state index contributed by atoms with van der Waals surface area (Å²) in [4.78, 5) is 40.7. The van der Waals surface area contributed by atoms with Crippen molar-refractivity contribution in [1.82, 2.24) is 9.97 Å². The van der Waals surface area contributed by atoms with E-state index in [4.69, 9.17) is 0 Å². The number of H-pyrrole nitrogens is 1. The van der Waals surface area contributed by atoms with E-state index in [2.05, 4.69) is 20.6 Å². The fourth-order valence-corrected chi connectivity index (χ4v) is 2.97. The van der Waals surface area contributed by atoms with E-state index in [9.17, 15) is 28.5 Å². The minimum absolute atomic E-state index is 0.0371. The summed E-state index contributed by atoms with van der Waals surface area (Å²) in [5, 5.41) is 17.1. The summed E-state index contributed by atoms with van der Waals surface area (Å²) < 4.78 is 26.3. The predicted octanol–water partition coefficient (Wildman–Crippen LogP) is 4.11. The second kappa shape index (κ2) is 8.22. The van der Waals surface area contributed by atoms with E-state index in [1.165, 1.54) is 12.3 Å². The highest BCUT2D eigenvalue weighted by Gasteiger charge is 2.16. The first-order valence-electron chi connectivity index (χ1n) is 9.12. The minimum atomic E-state index is -1.12. The molecule has 2 heterocycles. The topological polar surface area (TPSA) is 130 Å². The van der Waals surface area contributed by atoms with Crippen molar-refractivity contribution >= 4 is 39.7 Å². The van der Waals surface area contributed by atoms with Crippen molar-refractivity contribution in [1.29, 1.82) is 0 Å². The van der Waals surface area contributed by atoms with Gasteiger partial charge in [0.25, 0.3) is 5.91 Å². The zero-order valence-electron chi connectivity index (χ0n) is 16.1. The molecular weight excluding hydrogens is 424 g/mol. The molecule has 0 saturated heterocycles. The Bertz CT molecular complexity index is 1420. The van der Waals surface area contributed by atoms with Gasteiger partial charge in [0.15, 0.2) is 11.6 Å². The second-order valence-corrected chi connectivity index (χ2v) is 6.65. The van der Waals surface area contributed by atoms with Crippen LogP contribution in [0.2, 0.25) is 0 Å². The summed E-state index contributed by atoms with van der Waals surface area (Å²) in [5.41, 5.74) is 0.137. The lowest BCUT2D eigenvalue weighted by atomic mass is 10.2. The zero-order valence-corrected chi connectivity index (χ0v) is 16.1. The molecule has 32 heavy (non-hydrogen) atoms. The van der Waals surface area contributed by atoms with Crippen LogP contribution >= 0.6 is 0 Å². The minimum Gasteiger partial charge on any atom is -0.355 e. The number of carbonyl (C=O) groups is 1. The van der Waals surface area contributed by atoms with E-state index >= 15 is 0 Å². The number of carbonyl (C=O) groups excluding carboxylic acids is 1. The summed E-state index contributed by atoms with van der Waals surface area (Å²) in [6.07, 6.45) is 1.43. The zero-order chi connectivity index (χ0) is 22.8. The van der Waals surface area contributed by atoms with Crippen LogP contribution in [0.3, 0.4) is 0 Å². The predicted molar refractivity (Wildman–Crippen MR) is 113 cm³/mol. The van der Waals surface area contributed by atoms with Crippen LogP contribution in [0.4, 0.5) is 31.5 Å². The van der Waals surface area contributed by atoms with Crippen molar-refractivity contribution in [3.63, 3.8) is 0 Å². The van der Waals surface area contributed by atoms with Crippen LogP contribution in [0.1, 0.15) is 10.4 Å². The lowest BCUT2D eigenvalue weighted by Gasteiger charge is -2.11. The Morgan fingerprint density at radius 3 is 2.41 bits per heavy atom. The van der Waals surface area contributed by atoms with Gasteiger partial charge in [-0.3, -0.25) is 19.7 Å².